The van der Waals surface area contributed by atoms with Gasteiger partial charge in [0, 0.05) is 24.5 Å². The van der Waals surface area contributed by atoms with Crippen molar-refractivity contribution in [3.63, 3.8) is 0 Å². The van der Waals surface area contributed by atoms with E-state index in [0.717, 1.165) is 75.1 Å². The smallest absolute Gasteiger partial charge is 0.247 e. The molecule has 0 aliphatic rings. The summed E-state index contributed by atoms with van der Waals surface area (Å²) in [6, 6.07) is 30.1. The number of aromatic nitrogens is 6. The third kappa shape index (κ3) is 8.30. The van der Waals surface area contributed by atoms with Gasteiger partial charge in [0.25, 0.3) is 0 Å². The minimum atomic E-state index is 0.496. The van der Waals surface area contributed by atoms with Gasteiger partial charge in [-0.1, -0.05) is 78.9 Å². The average molecular weight is 698 g/mol. The molecule has 10 nitrogen and oxygen atoms in total. The van der Waals surface area contributed by atoms with Gasteiger partial charge in [0.2, 0.25) is 5.88 Å². The summed E-state index contributed by atoms with van der Waals surface area (Å²) in [5.74, 6) is 3.65. The summed E-state index contributed by atoms with van der Waals surface area (Å²) in [5.41, 5.74) is 16.2. The number of ether oxygens (including phenoxy) is 3. The van der Waals surface area contributed by atoms with Crippen LogP contribution in [0.5, 0.6) is 11.6 Å². The lowest BCUT2D eigenvalue weighted by Crippen LogP contribution is -2.09. The van der Waals surface area contributed by atoms with Crippen molar-refractivity contribution in [3.05, 3.63) is 136 Å². The number of hydrogen-bond donors (Lipinski definition) is 1. The maximum atomic E-state index is 6.06. The monoisotopic (exact) mass is 697 g/mol. The fourth-order valence-corrected chi connectivity index (χ4v) is 6.23. The molecule has 3 aromatic carbocycles. The van der Waals surface area contributed by atoms with Crippen molar-refractivity contribution in [2.45, 2.75) is 67.8 Å². The second kappa shape index (κ2) is 16.6. The first-order valence-electron chi connectivity index (χ1n) is 17.6. The molecule has 0 atom stereocenters. The Kier molecular flexibility index (Phi) is 11.6. The van der Waals surface area contributed by atoms with Crippen molar-refractivity contribution in [2.75, 3.05) is 18.9 Å². The Morgan fingerprint density at radius 3 is 1.50 bits per heavy atom. The molecule has 0 amide bonds. The highest BCUT2D eigenvalue weighted by Gasteiger charge is 2.19. The minimum Gasteiger partial charge on any atom is -0.437 e. The first-order chi connectivity index (χ1) is 25.2. The summed E-state index contributed by atoms with van der Waals surface area (Å²) in [4.78, 5) is 18.4. The zero-order valence-electron chi connectivity index (χ0n) is 30.9. The van der Waals surface area contributed by atoms with E-state index in [1.165, 1.54) is 11.1 Å². The van der Waals surface area contributed by atoms with Crippen molar-refractivity contribution in [1.82, 2.24) is 29.1 Å². The van der Waals surface area contributed by atoms with E-state index in [9.17, 15) is 0 Å². The molecule has 0 bridgehead atoms. The zero-order chi connectivity index (χ0) is 36.6. The van der Waals surface area contributed by atoms with Crippen LogP contribution < -0.4 is 10.5 Å². The standard InChI is InChI=1S/C24H25N3O2.C18H22N4O/c1-17-18(2)25-24(29-21-12-8-5-9-13-21)22-23(17)27(19(3)26-22)14-15-28-16-20-10-6-4-7-11-20;1-12-13(2)20-18(19)16-17(12)22(14(3)21-16)9-10-23-11-15-7-5-4-6-8-15/h4-13H,14-16H2,1-3H3;4-8H,9-11H2,1-3H3,(H2,19,20). The molecule has 0 saturated heterocycles. The van der Waals surface area contributed by atoms with Crippen LogP contribution in [0.3, 0.4) is 0 Å². The third-order valence-corrected chi connectivity index (χ3v) is 9.21. The third-order valence-electron chi connectivity index (χ3n) is 9.21. The van der Waals surface area contributed by atoms with Crippen molar-refractivity contribution < 1.29 is 14.2 Å². The summed E-state index contributed by atoms with van der Waals surface area (Å²) >= 11 is 0. The van der Waals surface area contributed by atoms with Crippen LogP contribution in [0.25, 0.3) is 22.1 Å². The quantitative estimate of drug-likeness (QED) is 0.126. The van der Waals surface area contributed by atoms with Crippen LogP contribution >= 0.6 is 0 Å². The van der Waals surface area contributed by atoms with Gasteiger partial charge < -0.3 is 29.1 Å². The number of pyridine rings is 2. The topological polar surface area (TPSA) is 115 Å². The van der Waals surface area contributed by atoms with Crippen molar-refractivity contribution in [3.8, 4) is 11.6 Å². The van der Waals surface area contributed by atoms with E-state index < -0.39 is 0 Å². The molecular formula is C42H47N7O3. The number of rotatable bonds is 12. The van der Waals surface area contributed by atoms with Crippen molar-refractivity contribution >= 4 is 27.9 Å². The number of nitrogens with zero attached hydrogens (tertiary/aromatic N) is 6. The lowest BCUT2D eigenvalue weighted by molar-refractivity contribution is 0.113. The molecule has 10 heteroatoms. The molecule has 268 valence electrons. The molecule has 2 N–H and O–H groups in total. The molecule has 0 unspecified atom stereocenters. The number of aryl methyl sites for hydroxylation is 6. The SMILES string of the molecule is Cc1nc(N)c2nc(C)n(CCOCc3ccccc3)c2c1C.Cc1nc(Oc2ccccc2)c2nc(C)n(CCOCc3ccccc3)c2c1C. The van der Waals surface area contributed by atoms with Gasteiger partial charge >= 0.3 is 0 Å². The number of imidazole rings is 2. The molecular weight excluding hydrogens is 651 g/mol. The van der Waals surface area contributed by atoms with E-state index in [-0.39, 0.29) is 0 Å². The highest BCUT2D eigenvalue weighted by atomic mass is 16.5. The predicted molar refractivity (Wildman–Crippen MR) is 207 cm³/mol. The average Bonchev–Trinajstić information content (AvgIpc) is 3.67. The van der Waals surface area contributed by atoms with E-state index in [2.05, 4.69) is 62.2 Å². The van der Waals surface area contributed by atoms with Gasteiger partial charge in [-0.3, -0.25) is 0 Å². The Hall–Kier alpha value is -5.58. The zero-order valence-corrected chi connectivity index (χ0v) is 30.9. The molecule has 0 spiro atoms. The molecule has 0 aliphatic heterocycles. The van der Waals surface area contributed by atoms with Crippen LogP contribution in [0, 0.1) is 41.5 Å². The maximum absolute atomic E-state index is 6.06. The summed E-state index contributed by atoms with van der Waals surface area (Å²) in [6.07, 6.45) is 0. The van der Waals surface area contributed by atoms with Crippen molar-refractivity contribution in [1.29, 1.82) is 0 Å². The number of nitrogen functional groups attached to an aromatic ring is 1. The van der Waals surface area contributed by atoms with Gasteiger partial charge in [0.1, 0.15) is 22.9 Å². The minimum absolute atomic E-state index is 0.496. The Bertz CT molecular complexity index is 2250. The Labute approximate surface area is 305 Å². The first-order valence-corrected chi connectivity index (χ1v) is 17.6. The summed E-state index contributed by atoms with van der Waals surface area (Å²) in [6.45, 7) is 16.1. The molecule has 0 saturated carbocycles. The molecule has 4 aromatic heterocycles. The Morgan fingerprint density at radius 1 is 0.538 bits per heavy atom. The van der Waals surface area contributed by atoms with E-state index in [1.807, 2.05) is 94.4 Å². The van der Waals surface area contributed by atoms with Crippen LogP contribution in [0.15, 0.2) is 91.0 Å². The number of nitrogens with two attached hydrogens (primary N) is 1. The summed E-state index contributed by atoms with van der Waals surface area (Å²) in [7, 11) is 0. The predicted octanol–water partition coefficient (Wildman–Crippen LogP) is 8.52. The van der Waals surface area contributed by atoms with E-state index >= 15 is 0 Å². The number of anilines is 1. The second-order valence-corrected chi connectivity index (χ2v) is 12.8. The fraction of sp³-hybridized carbons (Fsp3) is 0.286. The normalized spacial score (nSPS) is 11.2. The van der Waals surface area contributed by atoms with Gasteiger partial charge in [0.05, 0.1) is 37.5 Å². The van der Waals surface area contributed by atoms with Gasteiger partial charge in [-0.05, 0) is 75.9 Å². The number of hydrogen-bond acceptors (Lipinski definition) is 8. The van der Waals surface area contributed by atoms with Crippen LogP contribution in [0.2, 0.25) is 0 Å². The van der Waals surface area contributed by atoms with E-state index in [1.54, 1.807) is 0 Å². The second-order valence-electron chi connectivity index (χ2n) is 12.8. The van der Waals surface area contributed by atoms with Gasteiger partial charge in [-0.25, -0.2) is 19.9 Å². The molecule has 52 heavy (non-hydrogen) atoms. The summed E-state index contributed by atoms with van der Waals surface area (Å²) < 4.78 is 22.1. The highest BCUT2D eigenvalue weighted by molar-refractivity contribution is 5.88. The van der Waals surface area contributed by atoms with Crippen LogP contribution in [0.1, 0.15) is 45.3 Å². The molecule has 7 aromatic rings. The molecule has 7 rings (SSSR count). The van der Waals surface area contributed by atoms with Crippen LogP contribution in [0.4, 0.5) is 5.82 Å². The number of benzene rings is 3. The van der Waals surface area contributed by atoms with E-state index in [0.29, 0.717) is 38.1 Å². The van der Waals surface area contributed by atoms with Gasteiger partial charge in [-0.2, -0.15) is 0 Å². The highest BCUT2D eigenvalue weighted by Crippen LogP contribution is 2.32. The van der Waals surface area contributed by atoms with Gasteiger partial charge in [0.15, 0.2) is 11.3 Å². The Morgan fingerprint density at radius 2 is 0.981 bits per heavy atom. The summed E-state index contributed by atoms with van der Waals surface area (Å²) in [5, 5.41) is 0. The number of para-hydroxylation sites is 1. The van der Waals surface area contributed by atoms with Crippen LogP contribution in [-0.4, -0.2) is 42.3 Å². The first kappa shape index (κ1) is 36.2. The number of fused-ring (bicyclic) bond motifs is 2. The molecule has 0 aliphatic carbocycles. The van der Waals surface area contributed by atoms with E-state index in [4.69, 9.17) is 24.9 Å². The maximum Gasteiger partial charge on any atom is 0.247 e. The van der Waals surface area contributed by atoms with Crippen molar-refractivity contribution in [2.24, 2.45) is 0 Å². The largest absolute Gasteiger partial charge is 0.437 e. The molecule has 0 fully saturated rings. The fourth-order valence-electron chi connectivity index (χ4n) is 6.23. The molecule has 4 heterocycles. The Balaban J connectivity index is 0.000000183. The lowest BCUT2D eigenvalue weighted by Gasteiger charge is -2.12. The molecule has 0 radical (unpaired) electrons. The van der Waals surface area contributed by atoms with Gasteiger partial charge in [-0.15, -0.1) is 0 Å². The van der Waals surface area contributed by atoms with Crippen LogP contribution in [-0.2, 0) is 35.8 Å². The lowest BCUT2D eigenvalue weighted by atomic mass is 10.2.